The number of benzene rings is 1. The van der Waals surface area contributed by atoms with E-state index in [1.165, 1.54) is 12.1 Å². The Morgan fingerprint density at radius 3 is 1.92 bits per heavy atom. The van der Waals surface area contributed by atoms with E-state index in [4.69, 9.17) is 0 Å². The summed E-state index contributed by atoms with van der Waals surface area (Å²) in [6.07, 6.45) is 0. The van der Waals surface area contributed by atoms with E-state index < -0.39 is 11.6 Å². The van der Waals surface area contributed by atoms with Gasteiger partial charge in [-0.3, -0.25) is 0 Å². The van der Waals surface area contributed by atoms with Crippen LogP contribution in [0.3, 0.4) is 0 Å². The van der Waals surface area contributed by atoms with E-state index in [0.29, 0.717) is 0 Å². The van der Waals surface area contributed by atoms with Crippen molar-refractivity contribution in [3.05, 3.63) is 34.9 Å². The van der Waals surface area contributed by atoms with Gasteiger partial charge >= 0.3 is 0 Å². The third-order valence-electron chi connectivity index (χ3n) is 2.08. The first-order valence-electron chi connectivity index (χ1n) is 4.28. The van der Waals surface area contributed by atoms with Gasteiger partial charge < -0.3 is 0 Å². The molecular formula is C11H14F2. The van der Waals surface area contributed by atoms with Gasteiger partial charge in [0.2, 0.25) is 0 Å². The van der Waals surface area contributed by atoms with Gasteiger partial charge in [0.1, 0.15) is 0 Å². The van der Waals surface area contributed by atoms with Crippen molar-refractivity contribution in [2.24, 2.45) is 0 Å². The SMILES string of the molecule is Cc1cc(F)c(F)cc1C(C)(C)C. The smallest absolute Gasteiger partial charge is 0.159 e. The minimum absolute atomic E-state index is 0.140. The number of aryl methyl sites for hydroxylation is 1. The van der Waals surface area contributed by atoms with Gasteiger partial charge in [-0.2, -0.15) is 0 Å². The zero-order valence-electron chi connectivity index (χ0n) is 8.41. The molecule has 72 valence electrons. The molecule has 0 aliphatic carbocycles. The van der Waals surface area contributed by atoms with Gasteiger partial charge in [-0.1, -0.05) is 20.8 Å². The standard InChI is InChI=1S/C11H14F2/c1-7-5-9(12)10(13)6-8(7)11(2,3)4/h5-6H,1-4H3. The minimum atomic E-state index is -0.773. The summed E-state index contributed by atoms with van der Waals surface area (Å²) in [5.41, 5.74) is 1.51. The Morgan fingerprint density at radius 1 is 1.00 bits per heavy atom. The van der Waals surface area contributed by atoms with Crippen molar-refractivity contribution in [3.63, 3.8) is 0 Å². The molecule has 2 heteroatoms. The Hall–Kier alpha value is -0.920. The van der Waals surface area contributed by atoms with E-state index in [2.05, 4.69) is 0 Å². The van der Waals surface area contributed by atoms with Crippen molar-refractivity contribution in [1.29, 1.82) is 0 Å². The average Bonchev–Trinajstić information content (AvgIpc) is 1.94. The maximum atomic E-state index is 12.9. The Kier molecular flexibility index (Phi) is 2.42. The summed E-state index contributed by atoms with van der Waals surface area (Å²) >= 11 is 0. The minimum Gasteiger partial charge on any atom is -0.204 e. The first kappa shape index (κ1) is 10.2. The van der Waals surface area contributed by atoms with Crippen LogP contribution in [0.5, 0.6) is 0 Å². The molecule has 0 unspecified atom stereocenters. The Bertz CT molecular complexity index is 322. The Labute approximate surface area is 77.6 Å². The molecule has 0 heterocycles. The summed E-state index contributed by atoms with van der Waals surface area (Å²) in [6.45, 7) is 7.73. The topological polar surface area (TPSA) is 0 Å². The van der Waals surface area contributed by atoms with E-state index in [0.717, 1.165) is 11.1 Å². The van der Waals surface area contributed by atoms with Crippen LogP contribution in [0.15, 0.2) is 12.1 Å². The summed E-state index contributed by atoms with van der Waals surface area (Å²) in [7, 11) is 0. The Morgan fingerprint density at radius 2 is 1.46 bits per heavy atom. The predicted molar refractivity (Wildman–Crippen MR) is 49.8 cm³/mol. The highest BCUT2D eigenvalue weighted by atomic mass is 19.2. The number of halogens is 2. The van der Waals surface area contributed by atoms with E-state index in [1.807, 2.05) is 20.8 Å². The van der Waals surface area contributed by atoms with E-state index in [-0.39, 0.29) is 5.41 Å². The molecule has 0 aliphatic heterocycles. The normalized spacial score (nSPS) is 11.8. The molecule has 0 aromatic heterocycles. The second-order valence-electron chi connectivity index (χ2n) is 4.33. The maximum Gasteiger partial charge on any atom is 0.159 e. The van der Waals surface area contributed by atoms with Crippen molar-refractivity contribution in [2.45, 2.75) is 33.1 Å². The Balaban J connectivity index is 3.32. The quantitative estimate of drug-likeness (QED) is 0.578. The van der Waals surface area contributed by atoms with Crippen molar-refractivity contribution in [2.75, 3.05) is 0 Å². The van der Waals surface area contributed by atoms with Crippen LogP contribution in [-0.2, 0) is 5.41 Å². The summed E-state index contributed by atoms with van der Waals surface area (Å²) in [5.74, 6) is -1.54. The van der Waals surface area contributed by atoms with Gasteiger partial charge in [0, 0.05) is 0 Å². The van der Waals surface area contributed by atoms with Crippen molar-refractivity contribution >= 4 is 0 Å². The number of rotatable bonds is 0. The lowest BCUT2D eigenvalue weighted by molar-refractivity contribution is 0.496. The maximum absolute atomic E-state index is 12.9. The van der Waals surface area contributed by atoms with Gasteiger partial charge in [-0.05, 0) is 35.6 Å². The van der Waals surface area contributed by atoms with E-state index >= 15 is 0 Å². The van der Waals surface area contributed by atoms with Gasteiger partial charge in [-0.25, -0.2) is 8.78 Å². The fraction of sp³-hybridized carbons (Fsp3) is 0.455. The summed E-state index contributed by atoms with van der Waals surface area (Å²) in [5, 5.41) is 0. The molecule has 13 heavy (non-hydrogen) atoms. The first-order valence-corrected chi connectivity index (χ1v) is 4.28. The highest BCUT2D eigenvalue weighted by Crippen LogP contribution is 2.27. The zero-order valence-corrected chi connectivity index (χ0v) is 8.41. The van der Waals surface area contributed by atoms with Crippen molar-refractivity contribution in [3.8, 4) is 0 Å². The fourth-order valence-electron chi connectivity index (χ4n) is 1.45. The van der Waals surface area contributed by atoms with Crippen LogP contribution in [0.4, 0.5) is 8.78 Å². The molecule has 1 aromatic rings. The molecule has 0 saturated carbocycles. The first-order chi connectivity index (χ1) is 5.82. The average molecular weight is 184 g/mol. The third-order valence-corrected chi connectivity index (χ3v) is 2.08. The molecule has 0 N–H and O–H groups in total. The van der Waals surface area contributed by atoms with Crippen LogP contribution in [0.1, 0.15) is 31.9 Å². The molecular weight excluding hydrogens is 170 g/mol. The predicted octanol–water partition coefficient (Wildman–Crippen LogP) is 3.57. The molecule has 0 saturated heterocycles. The van der Waals surface area contributed by atoms with Crippen molar-refractivity contribution in [1.82, 2.24) is 0 Å². The molecule has 0 nitrogen and oxygen atoms in total. The van der Waals surface area contributed by atoms with Gasteiger partial charge in [0.15, 0.2) is 11.6 Å². The van der Waals surface area contributed by atoms with Crippen molar-refractivity contribution < 1.29 is 8.78 Å². The van der Waals surface area contributed by atoms with Gasteiger partial charge in [0.05, 0.1) is 0 Å². The lowest BCUT2D eigenvalue weighted by Gasteiger charge is -2.21. The zero-order chi connectivity index (χ0) is 10.2. The number of hydrogen-bond donors (Lipinski definition) is 0. The fourth-order valence-corrected chi connectivity index (χ4v) is 1.45. The largest absolute Gasteiger partial charge is 0.204 e. The second kappa shape index (κ2) is 3.09. The molecule has 1 rings (SSSR count). The molecule has 0 radical (unpaired) electrons. The second-order valence-corrected chi connectivity index (χ2v) is 4.33. The molecule has 0 amide bonds. The van der Waals surface area contributed by atoms with E-state index in [9.17, 15) is 8.78 Å². The lowest BCUT2D eigenvalue weighted by atomic mass is 9.84. The molecule has 0 atom stereocenters. The summed E-state index contributed by atoms with van der Waals surface area (Å²) in [4.78, 5) is 0. The van der Waals surface area contributed by atoms with Crippen LogP contribution in [0.25, 0.3) is 0 Å². The summed E-state index contributed by atoms with van der Waals surface area (Å²) < 4.78 is 25.7. The van der Waals surface area contributed by atoms with Crippen LogP contribution < -0.4 is 0 Å². The van der Waals surface area contributed by atoms with Crippen LogP contribution in [0, 0.1) is 18.6 Å². The lowest BCUT2D eigenvalue weighted by Crippen LogP contribution is -2.13. The molecule has 0 aliphatic rings. The monoisotopic (exact) mass is 184 g/mol. The van der Waals surface area contributed by atoms with Crippen LogP contribution >= 0.6 is 0 Å². The molecule has 0 spiro atoms. The highest BCUT2D eigenvalue weighted by molar-refractivity contribution is 5.32. The van der Waals surface area contributed by atoms with Crippen LogP contribution in [-0.4, -0.2) is 0 Å². The molecule has 0 fully saturated rings. The van der Waals surface area contributed by atoms with Gasteiger partial charge in [-0.15, -0.1) is 0 Å². The molecule has 0 bridgehead atoms. The third kappa shape index (κ3) is 2.06. The summed E-state index contributed by atoms with van der Waals surface area (Å²) in [6, 6.07) is 2.53. The van der Waals surface area contributed by atoms with Gasteiger partial charge in [0.25, 0.3) is 0 Å². The highest BCUT2D eigenvalue weighted by Gasteiger charge is 2.18. The van der Waals surface area contributed by atoms with Crippen LogP contribution in [0.2, 0.25) is 0 Å². The number of hydrogen-bond acceptors (Lipinski definition) is 0. The van der Waals surface area contributed by atoms with E-state index in [1.54, 1.807) is 6.92 Å². The molecule has 1 aromatic carbocycles.